The molecule has 1 aromatic rings. The number of esters is 2. The highest BCUT2D eigenvalue weighted by atomic mass is 17.1. The molecular weight excluding hydrogens is 480 g/mol. The lowest BCUT2D eigenvalue weighted by atomic mass is 9.43. The third-order valence-corrected chi connectivity index (χ3v) is 9.68. The molecule has 4 aliphatic rings. The van der Waals surface area contributed by atoms with Crippen LogP contribution in [0, 0.1) is 22.7 Å². The zero-order valence-electron chi connectivity index (χ0n) is 22.0. The summed E-state index contributed by atoms with van der Waals surface area (Å²) in [6.45, 7) is 8.78. The number of furan rings is 1. The number of rotatable bonds is 5. The van der Waals surface area contributed by atoms with Crippen molar-refractivity contribution in [3.63, 3.8) is 0 Å². The fourth-order valence-corrected chi connectivity index (χ4v) is 8.19. The number of carbonyl (C=O) groups is 3. The summed E-state index contributed by atoms with van der Waals surface area (Å²) in [7, 11) is 1.32. The van der Waals surface area contributed by atoms with Gasteiger partial charge in [-0.2, -0.15) is 0 Å². The molecule has 9 heteroatoms. The average molecular weight is 515 g/mol. The number of ketones is 1. The van der Waals surface area contributed by atoms with Gasteiger partial charge in [-0.25, -0.2) is 4.89 Å². The summed E-state index contributed by atoms with van der Waals surface area (Å²) in [4.78, 5) is 44.1. The van der Waals surface area contributed by atoms with Crippen molar-refractivity contribution in [3.8, 4) is 0 Å². The van der Waals surface area contributed by atoms with Gasteiger partial charge in [0.2, 0.25) is 0 Å². The predicted octanol–water partition coefficient (Wildman–Crippen LogP) is 3.99. The van der Waals surface area contributed by atoms with Gasteiger partial charge in [0.25, 0.3) is 0 Å². The summed E-state index contributed by atoms with van der Waals surface area (Å²) in [5.41, 5.74) is -0.350. The van der Waals surface area contributed by atoms with Crippen LogP contribution in [0.2, 0.25) is 0 Å². The van der Waals surface area contributed by atoms with E-state index in [1.807, 2.05) is 13.0 Å². The summed E-state index contributed by atoms with van der Waals surface area (Å²) >= 11 is 0. The summed E-state index contributed by atoms with van der Waals surface area (Å²) in [5, 5.41) is 10.1. The van der Waals surface area contributed by atoms with Crippen LogP contribution in [0.15, 0.2) is 46.3 Å². The molecule has 0 bridgehead atoms. The van der Waals surface area contributed by atoms with Gasteiger partial charge in [0.15, 0.2) is 5.78 Å². The van der Waals surface area contributed by atoms with Crippen LogP contribution in [0.1, 0.15) is 58.9 Å². The SMILES string of the molecule is COC(=O)CC1C2(C)C3=C(C)C(c4ccoc4)CC3OC2C(OC(C)=O)C2C(C)(OO)C=CC(=O)C21C. The third kappa shape index (κ3) is 3.43. The molecule has 1 aromatic heterocycles. The molecule has 200 valence electrons. The minimum absolute atomic E-state index is 0.0565. The molecule has 9 atom stereocenters. The van der Waals surface area contributed by atoms with Gasteiger partial charge in [-0.3, -0.25) is 19.6 Å². The lowest BCUT2D eigenvalue weighted by Gasteiger charge is -2.62. The Morgan fingerprint density at radius 2 is 1.95 bits per heavy atom. The molecule has 1 N–H and O–H groups in total. The number of methoxy groups -OCH3 is 1. The Labute approximate surface area is 215 Å². The van der Waals surface area contributed by atoms with E-state index in [2.05, 4.69) is 6.92 Å². The van der Waals surface area contributed by atoms with Crippen LogP contribution in [-0.4, -0.2) is 54.0 Å². The van der Waals surface area contributed by atoms with Crippen molar-refractivity contribution in [2.24, 2.45) is 22.7 Å². The number of allylic oxidation sites excluding steroid dienone is 2. The number of fused-ring (bicyclic) bond motifs is 4. The van der Waals surface area contributed by atoms with Gasteiger partial charge < -0.3 is 18.6 Å². The second-order valence-corrected chi connectivity index (χ2v) is 11.4. The fourth-order valence-electron chi connectivity index (χ4n) is 8.19. The molecule has 1 aliphatic heterocycles. The number of hydrogen-bond donors (Lipinski definition) is 1. The largest absolute Gasteiger partial charge is 0.472 e. The molecule has 0 aromatic carbocycles. The first-order valence-electron chi connectivity index (χ1n) is 12.6. The maximum atomic E-state index is 13.8. The van der Waals surface area contributed by atoms with Crippen molar-refractivity contribution in [1.29, 1.82) is 0 Å². The van der Waals surface area contributed by atoms with E-state index in [1.54, 1.807) is 26.4 Å². The Bertz CT molecular complexity index is 1180. The molecule has 37 heavy (non-hydrogen) atoms. The van der Waals surface area contributed by atoms with Crippen molar-refractivity contribution in [3.05, 3.63) is 47.5 Å². The van der Waals surface area contributed by atoms with E-state index in [1.165, 1.54) is 26.2 Å². The molecule has 1 saturated carbocycles. The average Bonchev–Trinajstić information content (AvgIpc) is 3.56. The minimum Gasteiger partial charge on any atom is -0.472 e. The van der Waals surface area contributed by atoms with Gasteiger partial charge in [0.1, 0.15) is 17.8 Å². The van der Waals surface area contributed by atoms with Crippen LogP contribution in [0.4, 0.5) is 0 Å². The molecule has 1 saturated heterocycles. The summed E-state index contributed by atoms with van der Waals surface area (Å²) < 4.78 is 23.1. The van der Waals surface area contributed by atoms with Gasteiger partial charge in [-0.1, -0.05) is 19.4 Å². The zero-order valence-corrected chi connectivity index (χ0v) is 22.0. The Morgan fingerprint density at radius 1 is 1.22 bits per heavy atom. The Kier molecular flexibility index (Phi) is 6.05. The van der Waals surface area contributed by atoms with E-state index in [0.29, 0.717) is 6.42 Å². The van der Waals surface area contributed by atoms with E-state index in [0.717, 1.165) is 16.7 Å². The number of carbonyl (C=O) groups excluding carboxylic acids is 3. The zero-order chi connectivity index (χ0) is 26.9. The smallest absolute Gasteiger partial charge is 0.305 e. The van der Waals surface area contributed by atoms with Gasteiger partial charge in [0.05, 0.1) is 32.2 Å². The van der Waals surface area contributed by atoms with Crippen LogP contribution in [0.3, 0.4) is 0 Å². The van der Waals surface area contributed by atoms with Crippen molar-refractivity contribution in [2.45, 2.75) is 77.3 Å². The number of hydrogen-bond acceptors (Lipinski definition) is 9. The maximum Gasteiger partial charge on any atom is 0.305 e. The normalized spacial score (nSPS) is 42.3. The van der Waals surface area contributed by atoms with Gasteiger partial charge in [0, 0.05) is 29.6 Å². The van der Waals surface area contributed by atoms with Crippen LogP contribution in [0.5, 0.6) is 0 Å². The Balaban J connectivity index is 1.76. The van der Waals surface area contributed by atoms with Crippen molar-refractivity contribution in [1.82, 2.24) is 0 Å². The van der Waals surface area contributed by atoms with Crippen molar-refractivity contribution in [2.75, 3.05) is 7.11 Å². The molecule has 3 aliphatic carbocycles. The monoisotopic (exact) mass is 514 g/mol. The van der Waals surface area contributed by atoms with Crippen LogP contribution in [0.25, 0.3) is 0 Å². The fraction of sp³-hybridized carbons (Fsp3) is 0.607. The van der Waals surface area contributed by atoms with E-state index < -0.39 is 52.4 Å². The number of ether oxygens (including phenoxy) is 3. The van der Waals surface area contributed by atoms with Gasteiger partial charge in [-0.15, -0.1) is 0 Å². The standard InChI is InChI=1S/C28H34O9/c1-14-17(16-8-10-34-13-16)11-18-22(14)28(5)19(12-21(31)33-6)27(4)20(30)7-9-26(3,37-32)24(27)23(25(28)36-18)35-15(2)29/h7-10,13,17-19,23-25,32H,11-12H2,1-6H3. The molecule has 2 heterocycles. The molecule has 0 spiro atoms. The highest BCUT2D eigenvalue weighted by molar-refractivity contribution is 5.97. The molecule has 9 unspecified atom stereocenters. The summed E-state index contributed by atoms with van der Waals surface area (Å²) in [6.07, 6.45) is 4.93. The summed E-state index contributed by atoms with van der Waals surface area (Å²) in [6, 6.07) is 1.93. The summed E-state index contributed by atoms with van der Waals surface area (Å²) in [5.74, 6) is -2.60. The third-order valence-electron chi connectivity index (χ3n) is 9.68. The lowest BCUT2D eigenvalue weighted by molar-refractivity contribution is -0.345. The first kappa shape index (κ1) is 25.9. The van der Waals surface area contributed by atoms with E-state index in [4.69, 9.17) is 23.5 Å². The van der Waals surface area contributed by atoms with Gasteiger partial charge in [-0.05, 0) is 55.5 Å². The molecular formula is C28H34O9. The second kappa shape index (κ2) is 8.64. The van der Waals surface area contributed by atoms with Crippen LogP contribution >= 0.6 is 0 Å². The molecule has 0 amide bonds. The van der Waals surface area contributed by atoms with Crippen LogP contribution < -0.4 is 0 Å². The molecule has 5 rings (SSSR count). The van der Waals surface area contributed by atoms with E-state index >= 15 is 0 Å². The first-order valence-corrected chi connectivity index (χ1v) is 12.6. The van der Waals surface area contributed by atoms with Crippen molar-refractivity contribution >= 4 is 17.7 Å². The molecule has 2 fully saturated rings. The highest BCUT2D eigenvalue weighted by Crippen LogP contribution is 2.69. The topological polar surface area (TPSA) is 122 Å². The first-order chi connectivity index (χ1) is 17.4. The molecule has 9 nitrogen and oxygen atoms in total. The maximum absolute atomic E-state index is 13.8. The van der Waals surface area contributed by atoms with Crippen molar-refractivity contribution < 1.29 is 43.2 Å². The Hall–Kier alpha value is -2.75. The predicted molar refractivity (Wildman–Crippen MR) is 129 cm³/mol. The van der Waals surface area contributed by atoms with Gasteiger partial charge >= 0.3 is 11.9 Å². The Morgan fingerprint density at radius 3 is 2.54 bits per heavy atom. The quantitative estimate of drug-likeness (QED) is 0.269. The lowest BCUT2D eigenvalue weighted by Crippen LogP contribution is -2.70. The van der Waals surface area contributed by atoms with Crippen LogP contribution in [-0.2, 0) is 33.5 Å². The second-order valence-electron chi connectivity index (χ2n) is 11.4. The highest BCUT2D eigenvalue weighted by Gasteiger charge is 2.75. The van der Waals surface area contributed by atoms with E-state index in [-0.39, 0.29) is 24.2 Å². The minimum atomic E-state index is -1.37. The molecule has 0 radical (unpaired) electrons. The van der Waals surface area contributed by atoms with E-state index in [9.17, 15) is 19.6 Å².